The normalized spacial score (nSPS) is 12.0. The van der Waals surface area contributed by atoms with Gasteiger partial charge in [0, 0.05) is 32.4 Å². The van der Waals surface area contributed by atoms with Crippen molar-refractivity contribution < 1.29 is 17.9 Å². The van der Waals surface area contributed by atoms with Gasteiger partial charge in [-0.05, 0) is 18.1 Å². The summed E-state index contributed by atoms with van der Waals surface area (Å²) in [4.78, 5) is 8.01. The van der Waals surface area contributed by atoms with Crippen molar-refractivity contribution in [2.75, 3.05) is 13.7 Å². The maximum Gasteiger partial charge on any atom is 0.422 e. The Labute approximate surface area is 150 Å². The van der Waals surface area contributed by atoms with E-state index >= 15 is 0 Å². The number of alkyl halides is 3. The van der Waals surface area contributed by atoms with Crippen molar-refractivity contribution in [1.29, 1.82) is 0 Å². The Morgan fingerprint density at radius 1 is 1.12 bits per heavy atom. The summed E-state index contributed by atoms with van der Waals surface area (Å²) in [6.45, 7) is 1.74. The Morgan fingerprint density at radius 2 is 1.85 bits per heavy atom. The number of aromatic nitrogens is 1. The van der Waals surface area contributed by atoms with Gasteiger partial charge >= 0.3 is 6.18 Å². The quantitative estimate of drug-likeness (QED) is 0.609. The summed E-state index contributed by atoms with van der Waals surface area (Å²) in [5.41, 5.74) is 3.12. The van der Waals surface area contributed by atoms with Crippen LogP contribution in [0.15, 0.2) is 47.6 Å². The van der Waals surface area contributed by atoms with Crippen LogP contribution in [0.4, 0.5) is 13.2 Å². The molecule has 0 aliphatic carbocycles. The maximum atomic E-state index is 12.1. The fourth-order valence-electron chi connectivity index (χ4n) is 2.17. The highest BCUT2D eigenvalue weighted by molar-refractivity contribution is 5.79. The maximum absolute atomic E-state index is 12.1. The second-order valence-electron chi connectivity index (χ2n) is 5.68. The van der Waals surface area contributed by atoms with E-state index in [-0.39, 0.29) is 5.88 Å². The van der Waals surface area contributed by atoms with Gasteiger partial charge in [-0.15, -0.1) is 0 Å². The fourth-order valence-corrected chi connectivity index (χ4v) is 2.17. The van der Waals surface area contributed by atoms with Gasteiger partial charge in [0.1, 0.15) is 0 Å². The Balaban J connectivity index is 1.80. The van der Waals surface area contributed by atoms with Crippen LogP contribution in [0.2, 0.25) is 0 Å². The number of aliphatic imine (C=N–C) groups is 1. The van der Waals surface area contributed by atoms with Crippen LogP contribution >= 0.6 is 0 Å². The van der Waals surface area contributed by atoms with E-state index in [1.165, 1.54) is 17.8 Å². The number of nitrogens with one attached hydrogen (secondary N) is 2. The minimum Gasteiger partial charge on any atom is -0.468 e. The highest BCUT2D eigenvalue weighted by Crippen LogP contribution is 2.17. The summed E-state index contributed by atoms with van der Waals surface area (Å²) in [6.07, 6.45) is -2.91. The average molecular weight is 366 g/mol. The molecule has 0 bridgehead atoms. The van der Waals surface area contributed by atoms with Gasteiger partial charge in [-0.25, -0.2) is 4.98 Å². The number of benzene rings is 1. The van der Waals surface area contributed by atoms with Crippen LogP contribution in [-0.2, 0) is 13.1 Å². The first-order valence-corrected chi connectivity index (χ1v) is 8.00. The van der Waals surface area contributed by atoms with Crippen molar-refractivity contribution in [3.8, 4) is 5.88 Å². The largest absolute Gasteiger partial charge is 0.468 e. The van der Waals surface area contributed by atoms with Crippen LogP contribution in [0.1, 0.15) is 16.7 Å². The molecule has 2 aromatic rings. The summed E-state index contributed by atoms with van der Waals surface area (Å²) in [5.74, 6) is 0.553. The van der Waals surface area contributed by atoms with Crippen molar-refractivity contribution >= 4 is 5.96 Å². The number of ether oxygens (including phenoxy) is 1. The van der Waals surface area contributed by atoms with Crippen LogP contribution < -0.4 is 15.4 Å². The Kier molecular flexibility index (Phi) is 6.82. The van der Waals surface area contributed by atoms with E-state index in [1.54, 1.807) is 13.1 Å². The zero-order valence-corrected chi connectivity index (χ0v) is 14.6. The molecule has 0 saturated heterocycles. The Hall–Kier alpha value is -2.77. The topological polar surface area (TPSA) is 58.5 Å². The van der Waals surface area contributed by atoms with Gasteiger partial charge in [-0.3, -0.25) is 4.99 Å². The summed E-state index contributed by atoms with van der Waals surface area (Å²) in [7, 11) is 1.66. The second-order valence-corrected chi connectivity index (χ2v) is 5.68. The molecular weight excluding hydrogens is 345 g/mol. The number of hydrogen-bond acceptors (Lipinski definition) is 3. The number of hydrogen-bond donors (Lipinski definition) is 2. The highest BCUT2D eigenvalue weighted by atomic mass is 19.4. The molecule has 0 spiro atoms. The molecule has 26 heavy (non-hydrogen) atoms. The molecule has 8 heteroatoms. The van der Waals surface area contributed by atoms with E-state index in [2.05, 4.69) is 31.4 Å². The summed E-state index contributed by atoms with van der Waals surface area (Å²) < 4.78 is 40.9. The third kappa shape index (κ3) is 7.00. The average Bonchev–Trinajstić information content (AvgIpc) is 2.60. The van der Waals surface area contributed by atoms with Gasteiger partial charge in [0.15, 0.2) is 12.6 Å². The third-order valence-corrected chi connectivity index (χ3v) is 3.41. The molecule has 2 N–H and O–H groups in total. The van der Waals surface area contributed by atoms with Crippen molar-refractivity contribution in [1.82, 2.24) is 15.6 Å². The molecule has 0 aliphatic rings. The van der Waals surface area contributed by atoms with E-state index in [0.29, 0.717) is 19.0 Å². The zero-order valence-electron chi connectivity index (χ0n) is 14.6. The predicted octanol–water partition coefficient (Wildman–Crippen LogP) is 3.20. The highest BCUT2D eigenvalue weighted by Gasteiger charge is 2.28. The number of rotatable bonds is 6. The van der Waals surface area contributed by atoms with Crippen LogP contribution in [0.5, 0.6) is 5.88 Å². The molecule has 2 rings (SSSR count). The standard InChI is InChI=1S/C18H21F3N4O/c1-13-4-3-5-14(8-13)9-24-17(22-2)25-11-15-6-7-16(23-10-15)26-12-18(19,20)21/h3-8,10H,9,11-12H2,1-2H3,(H2,22,24,25). The molecule has 1 heterocycles. The number of halogens is 3. The second kappa shape index (κ2) is 9.07. The lowest BCUT2D eigenvalue weighted by atomic mass is 10.1. The van der Waals surface area contributed by atoms with Gasteiger partial charge in [0.2, 0.25) is 5.88 Å². The lowest BCUT2D eigenvalue weighted by Crippen LogP contribution is -2.36. The minimum atomic E-state index is -4.38. The molecule has 1 aromatic carbocycles. The molecule has 0 fully saturated rings. The molecule has 1 aromatic heterocycles. The van der Waals surface area contributed by atoms with Crippen molar-refractivity contribution in [2.45, 2.75) is 26.2 Å². The zero-order chi connectivity index (χ0) is 19.0. The van der Waals surface area contributed by atoms with Crippen LogP contribution in [0.25, 0.3) is 0 Å². The van der Waals surface area contributed by atoms with Gasteiger partial charge < -0.3 is 15.4 Å². The summed E-state index contributed by atoms with van der Waals surface area (Å²) in [5, 5.41) is 6.32. The molecule has 0 aliphatic heterocycles. The minimum absolute atomic E-state index is 0.0620. The van der Waals surface area contributed by atoms with Crippen molar-refractivity contribution in [3.05, 3.63) is 59.3 Å². The monoisotopic (exact) mass is 366 g/mol. The first kappa shape index (κ1) is 19.6. The van der Waals surface area contributed by atoms with E-state index in [9.17, 15) is 13.2 Å². The van der Waals surface area contributed by atoms with Gasteiger partial charge in [0.05, 0.1) is 0 Å². The number of pyridine rings is 1. The first-order chi connectivity index (χ1) is 12.4. The Bertz CT molecular complexity index is 730. The summed E-state index contributed by atoms with van der Waals surface area (Å²) >= 11 is 0. The van der Waals surface area contributed by atoms with Gasteiger partial charge in [0.25, 0.3) is 0 Å². The number of aryl methyl sites for hydroxylation is 1. The molecular formula is C18H21F3N4O. The lowest BCUT2D eigenvalue weighted by molar-refractivity contribution is -0.154. The molecule has 0 atom stereocenters. The van der Waals surface area contributed by atoms with Gasteiger partial charge in [-0.1, -0.05) is 35.9 Å². The summed E-state index contributed by atoms with van der Waals surface area (Å²) in [6, 6.07) is 11.2. The lowest BCUT2D eigenvalue weighted by Gasteiger charge is -2.13. The fraction of sp³-hybridized carbons (Fsp3) is 0.333. The molecule has 140 valence electrons. The van der Waals surface area contributed by atoms with E-state index < -0.39 is 12.8 Å². The van der Waals surface area contributed by atoms with E-state index in [1.807, 2.05) is 25.1 Å². The van der Waals surface area contributed by atoms with Crippen molar-refractivity contribution in [3.63, 3.8) is 0 Å². The molecule has 0 unspecified atom stereocenters. The Morgan fingerprint density at radius 3 is 2.42 bits per heavy atom. The van der Waals surface area contributed by atoms with Crippen LogP contribution in [0, 0.1) is 6.92 Å². The van der Waals surface area contributed by atoms with E-state index in [4.69, 9.17) is 0 Å². The third-order valence-electron chi connectivity index (χ3n) is 3.41. The molecule has 0 saturated carbocycles. The first-order valence-electron chi connectivity index (χ1n) is 8.00. The van der Waals surface area contributed by atoms with E-state index in [0.717, 1.165) is 11.1 Å². The van der Waals surface area contributed by atoms with Crippen molar-refractivity contribution in [2.24, 2.45) is 4.99 Å². The molecule has 0 amide bonds. The van der Waals surface area contributed by atoms with Crippen LogP contribution in [-0.4, -0.2) is 30.8 Å². The number of nitrogens with zero attached hydrogens (tertiary/aromatic N) is 2. The number of guanidine groups is 1. The molecule has 0 radical (unpaired) electrons. The SMILES string of the molecule is CN=C(NCc1ccc(OCC(F)(F)F)nc1)NCc1cccc(C)c1. The molecule has 5 nitrogen and oxygen atoms in total. The predicted molar refractivity (Wildman–Crippen MR) is 94.0 cm³/mol. The van der Waals surface area contributed by atoms with Gasteiger partial charge in [-0.2, -0.15) is 13.2 Å². The smallest absolute Gasteiger partial charge is 0.422 e. The van der Waals surface area contributed by atoms with Crippen LogP contribution in [0.3, 0.4) is 0 Å².